The molecule has 0 radical (unpaired) electrons. The van der Waals surface area contributed by atoms with Crippen molar-refractivity contribution in [2.45, 2.75) is 13.0 Å². The number of furan rings is 1. The molecule has 1 unspecified atom stereocenters. The van der Waals surface area contributed by atoms with E-state index >= 15 is 0 Å². The quantitative estimate of drug-likeness (QED) is 0.329. The number of rotatable bonds is 5. The second kappa shape index (κ2) is 7.79. The molecule has 10 heteroatoms. The number of pyridine rings is 1. The van der Waals surface area contributed by atoms with Gasteiger partial charge in [0, 0.05) is 27.2 Å². The summed E-state index contributed by atoms with van der Waals surface area (Å²) in [4.78, 5) is 16.2. The number of fused-ring (bicyclic) bond motifs is 1. The van der Waals surface area contributed by atoms with Gasteiger partial charge in [-0.1, -0.05) is 23.2 Å². The highest BCUT2D eigenvalue weighted by Gasteiger charge is 2.23. The van der Waals surface area contributed by atoms with Crippen molar-refractivity contribution in [1.82, 2.24) is 4.98 Å². The lowest BCUT2D eigenvalue weighted by Gasteiger charge is -2.18. The number of benzene rings is 1. The molecule has 30 heavy (non-hydrogen) atoms. The Morgan fingerprint density at radius 2 is 2.10 bits per heavy atom. The summed E-state index contributed by atoms with van der Waals surface area (Å²) >= 11 is 13.4. The molecule has 4 aromatic rings. The lowest BCUT2D eigenvalue weighted by molar-refractivity contribution is 0.0702. The van der Waals surface area contributed by atoms with Crippen molar-refractivity contribution in [3.05, 3.63) is 63.0 Å². The minimum Gasteiger partial charge on any atom is -0.478 e. The molecule has 0 amide bonds. The third kappa shape index (κ3) is 3.47. The maximum atomic E-state index is 13.9. The van der Waals surface area contributed by atoms with Gasteiger partial charge in [-0.3, -0.25) is 0 Å². The van der Waals surface area contributed by atoms with Crippen LogP contribution in [0.1, 0.15) is 28.3 Å². The summed E-state index contributed by atoms with van der Waals surface area (Å²) in [6.45, 7) is 1.65. The van der Waals surface area contributed by atoms with Gasteiger partial charge in [-0.25, -0.2) is 14.2 Å². The van der Waals surface area contributed by atoms with Crippen LogP contribution < -0.4 is 10.5 Å². The molecule has 3 N–H and O–H groups in total. The number of thiophene rings is 1. The number of nitrogens with two attached hydrogens (primary N) is 1. The normalized spacial score (nSPS) is 12.3. The van der Waals surface area contributed by atoms with Crippen molar-refractivity contribution in [3.63, 3.8) is 0 Å². The van der Waals surface area contributed by atoms with E-state index in [9.17, 15) is 9.18 Å². The standard InChI is InChI=1S/C20H13Cl2FN2O4S/c1-8(15-11(21)2-3-12(23)16(15)22)29-18-17-9(6-25-19(18)24)10(7-28-17)13-4-5-14(30-13)20(26)27/h2-8H,1H3,(H2,24,25)(H,26,27). The Hall–Kier alpha value is -2.81. The maximum Gasteiger partial charge on any atom is 0.345 e. The van der Waals surface area contributed by atoms with E-state index in [0.29, 0.717) is 21.4 Å². The fourth-order valence-electron chi connectivity index (χ4n) is 3.03. The minimum absolute atomic E-state index is 0.0660. The maximum absolute atomic E-state index is 13.9. The highest BCUT2D eigenvalue weighted by atomic mass is 35.5. The molecule has 0 aliphatic heterocycles. The number of carbonyl (C=O) groups is 1. The van der Waals surface area contributed by atoms with Crippen LogP contribution >= 0.6 is 34.5 Å². The van der Waals surface area contributed by atoms with E-state index in [1.54, 1.807) is 13.0 Å². The Balaban J connectivity index is 1.77. The van der Waals surface area contributed by atoms with Crippen LogP contribution in [-0.4, -0.2) is 16.1 Å². The van der Waals surface area contributed by atoms with Gasteiger partial charge in [-0.2, -0.15) is 0 Å². The molecule has 3 heterocycles. The zero-order chi connectivity index (χ0) is 21.6. The molecule has 0 aliphatic rings. The molecule has 6 nitrogen and oxygen atoms in total. The van der Waals surface area contributed by atoms with Crippen molar-refractivity contribution in [3.8, 4) is 16.2 Å². The molecule has 3 aromatic heterocycles. The average Bonchev–Trinajstić information content (AvgIpc) is 3.34. The van der Waals surface area contributed by atoms with E-state index in [1.807, 2.05) is 0 Å². The largest absolute Gasteiger partial charge is 0.478 e. The zero-order valence-electron chi connectivity index (χ0n) is 15.3. The smallest absolute Gasteiger partial charge is 0.345 e. The van der Waals surface area contributed by atoms with Crippen molar-refractivity contribution in [1.29, 1.82) is 0 Å². The van der Waals surface area contributed by atoms with Crippen molar-refractivity contribution in [2.75, 3.05) is 5.73 Å². The molecule has 0 spiro atoms. The third-order valence-electron chi connectivity index (χ3n) is 4.46. The Kier molecular flexibility index (Phi) is 5.31. The van der Waals surface area contributed by atoms with E-state index in [2.05, 4.69) is 4.98 Å². The van der Waals surface area contributed by atoms with Gasteiger partial charge in [0.2, 0.25) is 5.75 Å². The van der Waals surface area contributed by atoms with E-state index in [0.717, 1.165) is 11.3 Å². The number of anilines is 1. The number of carboxylic acid groups (broad SMARTS) is 1. The molecule has 0 fully saturated rings. The van der Waals surface area contributed by atoms with Crippen LogP contribution in [0.4, 0.5) is 10.2 Å². The number of aromatic nitrogens is 1. The van der Waals surface area contributed by atoms with E-state index in [-0.39, 0.29) is 32.1 Å². The highest BCUT2D eigenvalue weighted by Crippen LogP contribution is 2.42. The number of hydrogen-bond acceptors (Lipinski definition) is 6. The van der Waals surface area contributed by atoms with Crippen LogP contribution in [-0.2, 0) is 0 Å². The number of ether oxygens (including phenoxy) is 1. The SMILES string of the molecule is CC(Oc1c(N)ncc2c(-c3ccc(C(=O)O)s3)coc12)c1c(Cl)ccc(F)c1Cl. The minimum atomic E-state index is -1.01. The van der Waals surface area contributed by atoms with Gasteiger partial charge < -0.3 is 20.0 Å². The third-order valence-corrected chi connectivity index (χ3v) is 6.28. The summed E-state index contributed by atoms with van der Waals surface area (Å²) in [5.41, 5.74) is 7.23. The van der Waals surface area contributed by atoms with Gasteiger partial charge in [0.05, 0.1) is 10.4 Å². The number of hydrogen-bond donors (Lipinski definition) is 2. The fourth-order valence-corrected chi connectivity index (χ4v) is 4.58. The molecule has 1 aromatic carbocycles. The summed E-state index contributed by atoms with van der Waals surface area (Å²) in [6, 6.07) is 5.76. The first-order valence-electron chi connectivity index (χ1n) is 8.57. The molecule has 1 atom stereocenters. The number of carboxylic acids is 1. The van der Waals surface area contributed by atoms with Gasteiger partial charge in [0.15, 0.2) is 11.4 Å². The topological polar surface area (TPSA) is 98.6 Å². The lowest BCUT2D eigenvalue weighted by Crippen LogP contribution is -2.08. The summed E-state index contributed by atoms with van der Waals surface area (Å²) < 4.78 is 25.5. The zero-order valence-corrected chi connectivity index (χ0v) is 17.6. The number of aromatic carboxylic acids is 1. The molecule has 0 aliphatic carbocycles. The predicted molar refractivity (Wildman–Crippen MR) is 114 cm³/mol. The average molecular weight is 467 g/mol. The van der Waals surface area contributed by atoms with Crippen LogP contribution in [0.25, 0.3) is 21.4 Å². The Morgan fingerprint density at radius 1 is 1.33 bits per heavy atom. The van der Waals surface area contributed by atoms with Crippen LogP contribution in [0, 0.1) is 5.82 Å². The predicted octanol–water partition coefficient (Wildman–Crippen LogP) is 6.42. The Labute approximate surface area is 183 Å². The highest BCUT2D eigenvalue weighted by molar-refractivity contribution is 7.17. The lowest BCUT2D eigenvalue weighted by atomic mass is 10.1. The first-order chi connectivity index (χ1) is 14.3. The second-order valence-electron chi connectivity index (χ2n) is 6.35. The van der Waals surface area contributed by atoms with E-state index in [1.165, 1.54) is 30.7 Å². The number of nitrogens with zero attached hydrogens (tertiary/aromatic N) is 1. The van der Waals surface area contributed by atoms with Gasteiger partial charge in [0.1, 0.15) is 23.1 Å². The van der Waals surface area contributed by atoms with Gasteiger partial charge >= 0.3 is 5.97 Å². The van der Waals surface area contributed by atoms with Crippen LogP contribution in [0.2, 0.25) is 10.0 Å². The van der Waals surface area contributed by atoms with E-state index in [4.69, 9.17) is 43.2 Å². The monoisotopic (exact) mass is 466 g/mol. The summed E-state index contributed by atoms with van der Waals surface area (Å²) in [5, 5.41) is 9.83. The summed E-state index contributed by atoms with van der Waals surface area (Å²) in [6.07, 6.45) is 2.23. The molecule has 154 valence electrons. The van der Waals surface area contributed by atoms with E-state index < -0.39 is 17.9 Å². The number of nitrogen functional groups attached to an aromatic ring is 1. The first kappa shape index (κ1) is 20.5. The molecule has 0 saturated carbocycles. The molecule has 4 rings (SSSR count). The first-order valence-corrected chi connectivity index (χ1v) is 10.1. The Bertz CT molecular complexity index is 1290. The van der Waals surface area contributed by atoms with Gasteiger partial charge in [0.25, 0.3) is 0 Å². The summed E-state index contributed by atoms with van der Waals surface area (Å²) in [5.74, 6) is -1.42. The second-order valence-corrected chi connectivity index (χ2v) is 8.22. The number of halogens is 3. The fraction of sp³-hybridized carbons (Fsp3) is 0.100. The van der Waals surface area contributed by atoms with Crippen molar-refractivity contribution < 1.29 is 23.4 Å². The van der Waals surface area contributed by atoms with Gasteiger partial charge in [-0.05, 0) is 31.2 Å². The molecule has 0 bridgehead atoms. The molecular formula is C20H13Cl2FN2O4S. The van der Waals surface area contributed by atoms with Crippen LogP contribution in [0.3, 0.4) is 0 Å². The van der Waals surface area contributed by atoms with Gasteiger partial charge in [-0.15, -0.1) is 11.3 Å². The van der Waals surface area contributed by atoms with Crippen LogP contribution in [0.5, 0.6) is 5.75 Å². The van der Waals surface area contributed by atoms with Crippen molar-refractivity contribution >= 4 is 57.3 Å². The summed E-state index contributed by atoms with van der Waals surface area (Å²) in [7, 11) is 0. The van der Waals surface area contributed by atoms with Crippen LogP contribution in [0.15, 0.2) is 41.1 Å². The van der Waals surface area contributed by atoms with Crippen molar-refractivity contribution in [2.24, 2.45) is 0 Å². The molecular weight excluding hydrogens is 454 g/mol. The molecule has 0 saturated heterocycles. The Morgan fingerprint density at radius 3 is 2.80 bits per heavy atom.